The Morgan fingerprint density at radius 3 is 2.43 bits per heavy atom. The molecule has 0 saturated heterocycles. The lowest BCUT2D eigenvalue weighted by Crippen LogP contribution is -2.19. The van der Waals surface area contributed by atoms with Crippen LogP contribution in [-0.4, -0.2) is 16.2 Å². The number of nitrogens with zero attached hydrogens (tertiary/aromatic N) is 2. The zero-order valence-corrected chi connectivity index (χ0v) is 13.6. The maximum atomic E-state index is 5.50. The van der Waals surface area contributed by atoms with Gasteiger partial charge in [0.15, 0.2) is 0 Å². The standard InChI is InChI=1S/C15H21N5S/c1-15(2,3)14-18-12(9-13(19-14)20-16)17-10-6-5-7-11(8-10)21-4/h5-9H,16H2,1-4H3,(H2,17,18,19,20). The number of thioether (sulfide) groups is 1. The van der Waals surface area contributed by atoms with Crippen LogP contribution in [-0.2, 0) is 5.41 Å². The molecule has 0 amide bonds. The molecule has 0 atom stereocenters. The van der Waals surface area contributed by atoms with E-state index in [1.54, 1.807) is 17.8 Å². The van der Waals surface area contributed by atoms with Gasteiger partial charge in [0.25, 0.3) is 0 Å². The monoisotopic (exact) mass is 303 g/mol. The van der Waals surface area contributed by atoms with E-state index in [1.165, 1.54) is 4.90 Å². The molecule has 2 aromatic rings. The first-order valence-electron chi connectivity index (χ1n) is 6.69. The summed E-state index contributed by atoms with van der Waals surface area (Å²) in [6.07, 6.45) is 2.05. The fourth-order valence-electron chi connectivity index (χ4n) is 1.77. The summed E-state index contributed by atoms with van der Waals surface area (Å²) in [5, 5.41) is 3.31. The van der Waals surface area contributed by atoms with Crippen molar-refractivity contribution in [2.24, 2.45) is 5.84 Å². The second-order valence-corrected chi connectivity index (χ2v) is 6.59. The van der Waals surface area contributed by atoms with Gasteiger partial charge in [-0.1, -0.05) is 26.8 Å². The molecule has 0 radical (unpaired) electrons. The molecule has 6 heteroatoms. The largest absolute Gasteiger partial charge is 0.340 e. The molecule has 0 saturated carbocycles. The van der Waals surface area contributed by atoms with Gasteiger partial charge >= 0.3 is 0 Å². The highest BCUT2D eigenvalue weighted by atomic mass is 32.2. The number of nitrogen functional groups attached to an aromatic ring is 1. The molecule has 0 aliphatic rings. The Labute approximate surface area is 129 Å². The molecule has 0 unspecified atom stereocenters. The van der Waals surface area contributed by atoms with Gasteiger partial charge in [-0.15, -0.1) is 11.8 Å². The highest BCUT2D eigenvalue weighted by Crippen LogP contribution is 2.25. The topological polar surface area (TPSA) is 75.9 Å². The van der Waals surface area contributed by atoms with E-state index in [0.29, 0.717) is 5.82 Å². The van der Waals surface area contributed by atoms with E-state index in [9.17, 15) is 0 Å². The van der Waals surface area contributed by atoms with Gasteiger partial charge in [0, 0.05) is 22.1 Å². The molecule has 5 nitrogen and oxygen atoms in total. The summed E-state index contributed by atoms with van der Waals surface area (Å²) >= 11 is 1.70. The summed E-state index contributed by atoms with van der Waals surface area (Å²) in [6, 6.07) is 9.97. The number of hydrazine groups is 1. The maximum Gasteiger partial charge on any atom is 0.145 e. The minimum absolute atomic E-state index is 0.148. The van der Waals surface area contributed by atoms with Crippen molar-refractivity contribution >= 4 is 29.1 Å². The third-order valence-corrected chi connectivity index (χ3v) is 3.61. The average Bonchev–Trinajstić information content (AvgIpc) is 2.46. The van der Waals surface area contributed by atoms with Crippen molar-refractivity contribution in [1.82, 2.24) is 9.97 Å². The summed E-state index contributed by atoms with van der Waals surface area (Å²) in [5.41, 5.74) is 3.43. The van der Waals surface area contributed by atoms with Crippen LogP contribution in [0, 0.1) is 0 Å². The Hall–Kier alpha value is -1.79. The number of aromatic nitrogens is 2. The van der Waals surface area contributed by atoms with E-state index in [-0.39, 0.29) is 5.41 Å². The lowest BCUT2D eigenvalue weighted by molar-refractivity contribution is 0.547. The Balaban J connectivity index is 2.34. The molecule has 1 aromatic heterocycles. The SMILES string of the molecule is CSc1cccc(Nc2cc(NN)nc(C(C)(C)C)n2)c1. The number of hydrogen-bond acceptors (Lipinski definition) is 6. The molecule has 0 fully saturated rings. The molecule has 21 heavy (non-hydrogen) atoms. The van der Waals surface area contributed by atoms with Crippen LogP contribution in [0.3, 0.4) is 0 Å². The predicted molar refractivity (Wildman–Crippen MR) is 90.0 cm³/mol. The minimum Gasteiger partial charge on any atom is -0.340 e. The van der Waals surface area contributed by atoms with E-state index >= 15 is 0 Å². The van der Waals surface area contributed by atoms with E-state index in [1.807, 2.05) is 12.1 Å². The smallest absolute Gasteiger partial charge is 0.145 e. The zero-order valence-electron chi connectivity index (χ0n) is 12.8. The van der Waals surface area contributed by atoms with Crippen LogP contribution in [0.5, 0.6) is 0 Å². The van der Waals surface area contributed by atoms with Gasteiger partial charge < -0.3 is 10.7 Å². The highest BCUT2D eigenvalue weighted by molar-refractivity contribution is 7.98. The number of nitrogens with one attached hydrogen (secondary N) is 2. The van der Waals surface area contributed by atoms with E-state index < -0.39 is 0 Å². The molecule has 0 aliphatic heterocycles. The molecular formula is C15H21N5S. The lowest BCUT2D eigenvalue weighted by Gasteiger charge is -2.19. The zero-order chi connectivity index (χ0) is 15.5. The van der Waals surface area contributed by atoms with Crippen LogP contribution < -0.4 is 16.6 Å². The number of rotatable bonds is 4. The lowest BCUT2D eigenvalue weighted by atomic mass is 9.96. The number of anilines is 3. The maximum absolute atomic E-state index is 5.50. The molecule has 1 aromatic carbocycles. The second-order valence-electron chi connectivity index (χ2n) is 5.71. The van der Waals surface area contributed by atoms with Gasteiger partial charge in [-0.3, -0.25) is 0 Å². The van der Waals surface area contributed by atoms with Crippen LogP contribution in [0.4, 0.5) is 17.3 Å². The highest BCUT2D eigenvalue weighted by Gasteiger charge is 2.19. The van der Waals surface area contributed by atoms with Crippen molar-refractivity contribution in [2.45, 2.75) is 31.1 Å². The quantitative estimate of drug-likeness (QED) is 0.456. The van der Waals surface area contributed by atoms with Crippen molar-refractivity contribution in [2.75, 3.05) is 17.0 Å². The first-order valence-corrected chi connectivity index (χ1v) is 7.92. The minimum atomic E-state index is -0.148. The van der Waals surface area contributed by atoms with Crippen molar-refractivity contribution < 1.29 is 0 Å². The summed E-state index contributed by atoms with van der Waals surface area (Å²) in [7, 11) is 0. The van der Waals surface area contributed by atoms with Crippen LogP contribution in [0.15, 0.2) is 35.2 Å². The Kier molecular flexibility index (Phi) is 4.69. The van der Waals surface area contributed by atoms with E-state index in [4.69, 9.17) is 5.84 Å². The van der Waals surface area contributed by atoms with Crippen molar-refractivity contribution in [3.63, 3.8) is 0 Å². The normalized spacial score (nSPS) is 11.3. The van der Waals surface area contributed by atoms with Crippen molar-refractivity contribution in [1.29, 1.82) is 0 Å². The molecular weight excluding hydrogens is 282 g/mol. The summed E-state index contributed by atoms with van der Waals surface area (Å²) < 4.78 is 0. The molecule has 0 aliphatic carbocycles. The van der Waals surface area contributed by atoms with Gasteiger partial charge in [0.1, 0.15) is 17.5 Å². The summed E-state index contributed by atoms with van der Waals surface area (Å²) in [6.45, 7) is 6.21. The molecule has 1 heterocycles. The van der Waals surface area contributed by atoms with Crippen molar-refractivity contribution in [3.8, 4) is 0 Å². The van der Waals surface area contributed by atoms with Crippen LogP contribution in [0.1, 0.15) is 26.6 Å². The van der Waals surface area contributed by atoms with Gasteiger partial charge in [0.2, 0.25) is 0 Å². The second kappa shape index (κ2) is 6.32. The van der Waals surface area contributed by atoms with E-state index in [2.05, 4.69) is 59.9 Å². The van der Waals surface area contributed by atoms with Gasteiger partial charge in [-0.25, -0.2) is 15.8 Å². The fraction of sp³-hybridized carbons (Fsp3) is 0.333. The van der Waals surface area contributed by atoms with Crippen LogP contribution in [0.25, 0.3) is 0 Å². The number of hydrogen-bond donors (Lipinski definition) is 3. The third kappa shape index (κ3) is 4.09. The average molecular weight is 303 g/mol. The Bertz CT molecular complexity index is 622. The van der Waals surface area contributed by atoms with Crippen molar-refractivity contribution in [3.05, 3.63) is 36.2 Å². The number of benzene rings is 1. The number of nitrogens with two attached hydrogens (primary N) is 1. The van der Waals surface area contributed by atoms with Gasteiger partial charge in [-0.05, 0) is 24.5 Å². The molecule has 2 rings (SSSR count). The molecule has 4 N–H and O–H groups in total. The Morgan fingerprint density at radius 1 is 1.10 bits per heavy atom. The third-order valence-electron chi connectivity index (χ3n) is 2.89. The van der Waals surface area contributed by atoms with E-state index in [0.717, 1.165) is 17.3 Å². The summed E-state index contributed by atoms with van der Waals surface area (Å²) in [5.74, 6) is 7.56. The molecule has 112 valence electrons. The fourth-order valence-corrected chi connectivity index (χ4v) is 2.23. The Morgan fingerprint density at radius 2 is 1.81 bits per heavy atom. The molecule has 0 bridgehead atoms. The van der Waals surface area contributed by atoms with Gasteiger partial charge in [0.05, 0.1) is 0 Å². The summed E-state index contributed by atoms with van der Waals surface area (Å²) in [4.78, 5) is 10.2. The van der Waals surface area contributed by atoms with Crippen LogP contribution >= 0.6 is 11.8 Å². The first kappa shape index (κ1) is 15.6. The van der Waals surface area contributed by atoms with Gasteiger partial charge in [-0.2, -0.15) is 0 Å². The first-order chi connectivity index (χ1) is 9.92. The molecule has 0 spiro atoms. The van der Waals surface area contributed by atoms with Crippen LogP contribution in [0.2, 0.25) is 0 Å². The predicted octanol–water partition coefficient (Wildman–Crippen LogP) is 3.53.